The van der Waals surface area contributed by atoms with Gasteiger partial charge in [-0.1, -0.05) is 24.3 Å². The molecule has 2 aromatic carbocycles. The van der Waals surface area contributed by atoms with Crippen molar-refractivity contribution >= 4 is 22.0 Å². The van der Waals surface area contributed by atoms with E-state index in [1.54, 1.807) is 6.08 Å². The van der Waals surface area contributed by atoms with Crippen molar-refractivity contribution in [1.82, 2.24) is 14.7 Å². The number of piperazine rings is 1. The van der Waals surface area contributed by atoms with Crippen LogP contribution in [0.2, 0.25) is 0 Å². The van der Waals surface area contributed by atoms with Gasteiger partial charge in [-0.25, -0.2) is 18.3 Å². The van der Waals surface area contributed by atoms with E-state index in [-0.39, 0.29) is 4.90 Å². The minimum atomic E-state index is -3.61. The zero-order valence-corrected chi connectivity index (χ0v) is 16.5. The first-order valence-corrected chi connectivity index (χ1v) is 10.5. The molecule has 0 saturated carbocycles. The molecule has 0 spiro atoms. The van der Waals surface area contributed by atoms with Crippen LogP contribution in [-0.4, -0.2) is 54.9 Å². The monoisotopic (exact) mass is 419 g/mol. The van der Waals surface area contributed by atoms with Crippen LogP contribution in [0.4, 0.5) is 4.39 Å². The fourth-order valence-electron chi connectivity index (χ4n) is 3.09. The van der Waals surface area contributed by atoms with Crippen LogP contribution in [0.1, 0.15) is 11.1 Å². The van der Waals surface area contributed by atoms with E-state index in [1.807, 2.05) is 24.3 Å². The Bertz CT molecular complexity index is 968. The molecular formula is C20H22FN3O4S. The molecule has 1 saturated heterocycles. The van der Waals surface area contributed by atoms with Gasteiger partial charge in [-0.3, -0.25) is 14.9 Å². The predicted octanol–water partition coefficient (Wildman–Crippen LogP) is 1.85. The Morgan fingerprint density at radius 3 is 2.24 bits per heavy atom. The van der Waals surface area contributed by atoms with Crippen molar-refractivity contribution < 1.29 is 22.8 Å². The molecule has 2 aromatic rings. The minimum absolute atomic E-state index is 0.103. The maximum Gasteiger partial charge on any atom is 0.267 e. The van der Waals surface area contributed by atoms with E-state index < -0.39 is 21.7 Å². The van der Waals surface area contributed by atoms with Crippen molar-refractivity contribution in [3.63, 3.8) is 0 Å². The van der Waals surface area contributed by atoms with Gasteiger partial charge in [0.05, 0.1) is 4.90 Å². The first kappa shape index (κ1) is 21.1. The van der Waals surface area contributed by atoms with E-state index in [9.17, 15) is 17.6 Å². The topological polar surface area (TPSA) is 90.0 Å². The van der Waals surface area contributed by atoms with Gasteiger partial charge >= 0.3 is 0 Å². The van der Waals surface area contributed by atoms with Crippen molar-refractivity contribution in [2.45, 2.75) is 11.4 Å². The summed E-state index contributed by atoms with van der Waals surface area (Å²) in [5.41, 5.74) is 3.43. The summed E-state index contributed by atoms with van der Waals surface area (Å²) in [6, 6.07) is 12.5. The standard InChI is InChI=1S/C20H22FN3O4S/c21-18-6-8-19(9-7-18)29(27,28)24-13-11-23(12-14-24)15-17-3-1-16(2-4-17)5-10-20(25)22-26/h1-10,26H,11-15H2,(H,22,25). The Morgan fingerprint density at radius 2 is 1.66 bits per heavy atom. The molecular weight excluding hydrogens is 397 g/mol. The number of hydrogen-bond acceptors (Lipinski definition) is 5. The number of hydrogen-bond donors (Lipinski definition) is 2. The SMILES string of the molecule is O=C(C=Cc1ccc(CN2CCN(S(=O)(=O)c3ccc(F)cc3)CC2)cc1)NO. The Balaban J connectivity index is 1.55. The maximum atomic E-state index is 13.0. The number of carbonyl (C=O) groups is 1. The summed E-state index contributed by atoms with van der Waals surface area (Å²) < 4.78 is 39.8. The van der Waals surface area contributed by atoms with Gasteiger partial charge in [0.25, 0.3) is 5.91 Å². The van der Waals surface area contributed by atoms with Gasteiger partial charge in [0, 0.05) is 38.8 Å². The number of amides is 1. The molecule has 2 N–H and O–H groups in total. The molecule has 7 nitrogen and oxygen atoms in total. The van der Waals surface area contributed by atoms with Gasteiger partial charge in [0.15, 0.2) is 0 Å². The molecule has 29 heavy (non-hydrogen) atoms. The van der Waals surface area contributed by atoms with E-state index in [0.717, 1.165) is 23.3 Å². The van der Waals surface area contributed by atoms with E-state index in [2.05, 4.69) is 4.90 Å². The highest BCUT2D eigenvalue weighted by atomic mass is 32.2. The number of nitrogens with zero attached hydrogens (tertiary/aromatic N) is 2. The largest absolute Gasteiger partial charge is 0.296 e. The molecule has 0 radical (unpaired) electrons. The highest BCUT2D eigenvalue weighted by Crippen LogP contribution is 2.19. The first-order chi connectivity index (χ1) is 13.9. The Morgan fingerprint density at radius 1 is 1.03 bits per heavy atom. The summed E-state index contributed by atoms with van der Waals surface area (Å²) >= 11 is 0. The van der Waals surface area contributed by atoms with Crippen LogP contribution in [0.3, 0.4) is 0 Å². The predicted molar refractivity (Wildman–Crippen MR) is 106 cm³/mol. The van der Waals surface area contributed by atoms with Crippen molar-refractivity contribution in [2.75, 3.05) is 26.2 Å². The highest BCUT2D eigenvalue weighted by Gasteiger charge is 2.28. The van der Waals surface area contributed by atoms with Crippen LogP contribution in [0.5, 0.6) is 0 Å². The normalized spacial score (nSPS) is 16.2. The summed E-state index contributed by atoms with van der Waals surface area (Å²) in [6.07, 6.45) is 2.82. The number of hydroxylamine groups is 1. The van der Waals surface area contributed by atoms with Crippen molar-refractivity contribution in [2.24, 2.45) is 0 Å². The second-order valence-electron chi connectivity index (χ2n) is 6.69. The van der Waals surface area contributed by atoms with Crippen LogP contribution < -0.4 is 5.48 Å². The molecule has 0 atom stereocenters. The van der Waals surface area contributed by atoms with Crippen LogP contribution >= 0.6 is 0 Å². The number of rotatable bonds is 6. The van der Waals surface area contributed by atoms with Gasteiger partial charge in [0.2, 0.25) is 10.0 Å². The van der Waals surface area contributed by atoms with Crippen LogP contribution in [0, 0.1) is 5.82 Å². The smallest absolute Gasteiger partial charge is 0.267 e. The number of sulfonamides is 1. The Kier molecular flexibility index (Phi) is 6.75. The van der Waals surface area contributed by atoms with Crippen LogP contribution in [-0.2, 0) is 21.4 Å². The van der Waals surface area contributed by atoms with Crippen LogP contribution in [0.25, 0.3) is 6.08 Å². The lowest BCUT2D eigenvalue weighted by Crippen LogP contribution is -2.48. The lowest BCUT2D eigenvalue weighted by molar-refractivity contribution is -0.124. The molecule has 3 rings (SSSR count). The third-order valence-electron chi connectivity index (χ3n) is 4.71. The molecule has 9 heteroatoms. The molecule has 1 fully saturated rings. The number of halogens is 1. The molecule has 0 aliphatic carbocycles. The molecule has 0 unspecified atom stereocenters. The van der Waals surface area contributed by atoms with E-state index in [1.165, 1.54) is 28.0 Å². The Labute approximate surface area is 169 Å². The van der Waals surface area contributed by atoms with Crippen LogP contribution in [0.15, 0.2) is 59.5 Å². The summed E-state index contributed by atoms with van der Waals surface area (Å²) in [6.45, 7) is 2.62. The molecule has 1 aliphatic rings. The number of carbonyl (C=O) groups excluding carboxylic acids is 1. The summed E-state index contributed by atoms with van der Waals surface area (Å²) in [4.78, 5) is 13.3. The third kappa shape index (κ3) is 5.48. The van der Waals surface area contributed by atoms with E-state index in [0.29, 0.717) is 32.7 Å². The third-order valence-corrected chi connectivity index (χ3v) is 6.62. The fraction of sp³-hybridized carbons (Fsp3) is 0.250. The zero-order valence-electron chi connectivity index (χ0n) is 15.7. The quantitative estimate of drug-likeness (QED) is 0.424. The molecule has 0 aromatic heterocycles. The molecule has 0 bridgehead atoms. The lowest BCUT2D eigenvalue weighted by atomic mass is 10.1. The van der Waals surface area contributed by atoms with Gasteiger partial charge in [-0.05, 0) is 41.5 Å². The van der Waals surface area contributed by atoms with E-state index >= 15 is 0 Å². The lowest BCUT2D eigenvalue weighted by Gasteiger charge is -2.34. The molecule has 154 valence electrons. The summed E-state index contributed by atoms with van der Waals surface area (Å²) in [5.74, 6) is -1.06. The second kappa shape index (κ2) is 9.27. The van der Waals surface area contributed by atoms with Gasteiger partial charge in [-0.2, -0.15) is 4.31 Å². The van der Waals surface area contributed by atoms with Gasteiger partial charge in [0.1, 0.15) is 5.82 Å². The fourth-order valence-corrected chi connectivity index (χ4v) is 4.51. The number of nitrogens with one attached hydrogen (secondary N) is 1. The van der Waals surface area contributed by atoms with Crippen molar-refractivity contribution in [3.05, 3.63) is 71.6 Å². The zero-order chi connectivity index (χ0) is 20.9. The van der Waals surface area contributed by atoms with Gasteiger partial charge in [-0.15, -0.1) is 0 Å². The summed E-state index contributed by atoms with van der Waals surface area (Å²) in [5, 5.41) is 8.47. The van der Waals surface area contributed by atoms with E-state index in [4.69, 9.17) is 5.21 Å². The average Bonchev–Trinajstić information content (AvgIpc) is 2.73. The summed E-state index contributed by atoms with van der Waals surface area (Å²) in [7, 11) is -3.61. The molecule has 1 heterocycles. The first-order valence-electron chi connectivity index (χ1n) is 9.07. The average molecular weight is 419 g/mol. The minimum Gasteiger partial charge on any atom is -0.296 e. The second-order valence-corrected chi connectivity index (χ2v) is 8.62. The highest BCUT2D eigenvalue weighted by molar-refractivity contribution is 7.89. The van der Waals surface area contributed by atoms with Crippen molar-refractivity contribution in [1.29, 1.82) is 0 Å². The molecule has 1 amide bonds. The Hall–Kier alpha value is -2.59. The maximum absolute atomic E-state index is 13.0. The molecule has 1 aliphatic heterocycles. The van der Waals surface area contributed by atoms with Gasteiger partial charge < -0.3 is 0 Å². The number of benzene rings is 2. The van der Waals surface area contributed by atoms with Crippen molar-refractivity contribution in [3.8, 4) is 0 Å².